The number of hydrogen-bond donors (Lipinski definition) is 2. The van der Waals surface area contributed by atoms with Gasteiger partial charge in [-0.25, -0.2) is 0 Å². The average molecular weight is 316 g/mol. The molecule has 2 unspecified atom stereocenters. The van der Waals surface area contributed by atoms with Crippen molar-refractivity contribution in [1.29, 1.82) is 0 Å². The van der Waals surface area contributed by atoms with Crippen LogP contribution in [-0.2, 0) is 4.79 Å². The molecule has 0 bridgehead atoms. The second-order valence-electron chi connectivity index (χ2n) is 5.58. The summed E-state index contributed by atoms with van der Waals surface area (Å²) in [6, 6.07) is 3.14. The molecule has 1 amide bonds. The van der Waals surface area contributed by atoms with E-state index in [2.05, 4.69) is 12.2 Å². The van der Waals surface area contributed by atoms with Gasteiger partial charge in [0.1, 0.15) is 0 Å². The van der Waals surface area contributed by atoms with Gasteiger partial charge in [0.05, 0.1) is 22.3 Å². The minimum Gasteiger partial charge on any atom is -0.399 e. The number of halogens is 2. The van der Waals surface area contributed by atoms with Gasteiger partial charge in [0, 0.05) is 12.2 Å². The molecule has 4 nitrogen and oxygen atoms in total. The molecule has 0 saturated heterocycles. The predicted molar refractivity (Wildman–Crippen MR) is 84.3 cm³/mol. The van der Waals surface area contributed by atoms with Crippen molar-refractivity contribution in [3.05, 3.63) is 22.2 Å². The van der Waals surface area contributed by atoms with Crippen molar-refractivity contribution < 1.29 is 4.79 Å². The lowest BCUT2D eigenvalue weighted by Gasteiger charge is -2.17. The summed E-state index contributed by atoms with van der Waals surface area (Å²) in [7, 11) is 1.94. The first-order valence-electron chi connectivity index (χ1n) is 6.59. The lowest BCUT2D eigenvalue weighted by atomic mass is 10.2. The van der Waals surface area contributed by atoms with Gasteiger partial charge in [0.2, 0.25) is 5.91 Å². The maximum absolute atomic E-state index is 12.0. The molecule has 0 spiro atoms. The van der Waals surface area contributed by atoms with Crippen LogP contribution < -0.4 is 11.1 Å². The van der Waals surface area contributed by atoms with Crippen molar-refractivity contribution in [2.45, 2.75) is 13.3 Å². The van der Waals surface area contributed by atoms with Gasteiger partial charge < -0.3 is 11.1 Å². The van der Waals surface area contributed by atoms with E-state index in [1.54, 1.807) is 12.1 Å². The number of benzene rings is 1. The summed E-state index contributed by atoms with van der Waals surface area (Å²) in [6.45, 7) is 3.49. The number of carbonyl (C=O) groups is 1. The van der Waals surface area contributed by atoms with E-state index in [0.29, 0.717) is 28.0 Å². The van der Waals surface area contributed by atoms with Crippen LogP contribution in [0.25, 0.3) is 0 Å². The third kappa shape index (κ3) is 4.01. The molecule has 3 N–H and O–H groups in total. The first-order valence-corrected chi connectivity index (χ1v) is 7.35. The monoisotopic (exact) mass is 315 g/mol. The number of carbonyl (C=O) groups excluding carboxylic acids is 1. The maximum Gasteiger partial charge on any atom is 0.238 e. The average Bonchev–Trinajstić information content (AvgIpc) is 2.99. The molecule has 1 aromatic carbocycles. The lowest BCUT2D eigenvalue weighted by molar-refractivity contribution is -0.117. The van der Waals surface area contributed by atoms with Crippen LogP contribution in [0.5, 0.6) is 0 Å². The molecule has 0 aliphatic heterocycles. The first kappa shape index (κ1) is 15.4. The van der Waals surface area contributed by atoms with E-state index in [-0.39, 0.29) is 5.91 Å². The third-order valence-corrected chi connectivity index (χ3v) is 4.16. The maximum atomic E-state index is 12.0. The quantitative estimate of drug-likeness (QED) is 0.821. The zero-order valence-corrected chi connectivity index (χ0v) is 13.1. The van der Waals surface area contributed by atoms with Crippen molar-refractivity contribution >= 4 is 40.5 Å². The molecular formula is C14H19Cl2N3O. The highest BCUT2D eigenvalue weighted by molar-refractivity contribution is 6.40. The van der Waals surface area contributed by atoms with Gasteiger partial charge in [0.25, 0.3) is 0 Å². The van der Waals surface area contributed by atoms with Crippen LogP contribution in [-0.4, -0.2) is 30.9 Å². The smallest absolute Gasteiger partial charge is 0.238 e. The van der Waals surface area contributed by atoms with E-state index in [9.17, 15) is 4.79 Å². The Bertz CT molecular complexity index is 498. The number of rotatable bonds is 5. The summed E-state index contributed by atoms with van der Waals surface area (Å²) >= 11 is 12.1. The summed E-state index contributed by atoms with van der Waals surface area (Å²) < 4.78 is 0. The van der Waals surface area contributed by atoms with Gasteiger partial charge >= 0.3 is 0 Å². The molecule has 1 saturated carbocycles. The van der Waals surface area contributed by atoms with Gasteiger partial charge in [-0.3, -0.25) is 9.69 Å². The Hall–Kier alpha value is -0.970. The fourth-order valence-electron chi connectivity index (χ4n) is 2.25. The number of nitrogens with one attached hydrogen (secondary N) is 1. The summed E-state index contributed by atoms with van der Waals surface area (Å²) in [5, 5.41) is 3.44. The summed E-state index contributed by atoms with van der Waals surface area (Å²) in [6.07, 6.45) is 1.25. The van der Waals surface area contributed by atoms with Gasteiger partial charge in [0.15, 0.2) is 0 Å². The molecule has 1 aliphatic rings. The normalized spacial score (nSPS) is 21.1. The topological polar surface area (TPSA) is 58.4 Å². The molecule has 2 atom stereocenters. The Morgan fingerprint density at radius 3 is 2.50 bits per heavy atom. The number of likely N-dealkylation sites (N-methyl/N-ethyl adjacent to an activating group) is 1. The summed E-state index contributed by atoms with van der Waals surface area (Å²) in [5.74, 6) is 1.37. The molecule has 2 rings (SSSR count). The molecule has 110 valence electrons. The van der Waals surface area contributed by atoms with Gasteiger partial charge in [-0.15, -0.1) is 0 Å². The van der Waals surface area contributed by atoms with Crippen LogP contribution in [0.2, 0.25) is 10.0 Å². The Kier molecular flexibility index (Phi) is 4.78. The van der Waals surface area contributed by atoms with E-state index < -0.39 is 0 Å². The molecule has 0 aromatic heterocycles. The SMILES string of the molecule is CC1CC1CN(C)CC(=O)Nc1c(Cl)cc(N)cc1Cl. The minimum absolute atomic E-state index is 0.130. The Morgan fingerprint density at radius 1 is 1.45 bits per heavy atom. The number of nitrogen functional groups attached to an aromatic ring is 1. The van der Waals surface area contributed by atoms with Crippen LogP contribution >= 0.6 is 23.2 Å². The van der Waals surface area contributed by atoms with Crippen molar-refractivity contribution in [3.8, 4) is 0 Å². The highest BCUT2D eigenvalue weighted by Gasteiger charge is 2.33. The fraction of sp³-hybridized carbons (Fsp3) is 0.500. The highest BCUT2D eigenvalue weighted by Crippen LogP contribution is 2.38. The predicted octanol–water partition coefficient (Wildman–Crippen LogP) is 3.10. The van der Waals surface area contributed by atoms with E-state index >= 15 is 0 Å². The van der Waals surface area contributed by atoms with Crippen LogP contribution in [0.1, 0.15) is 13.3 Å². The molecule has 0 radical (unpaired) electrons. The van der Waals surface area contributed by atoms with Crippen molar-refractivity contribution in [2.24, 2.45) is 11.8 Å². The number of nitrogens with zero attached hydrogens (tertiary/aromatic N) is 1. The molecule has 1 aliphatic carbocycles. The molecular weight excluding hydrogens is 297 g/mol. The van der Waals surface area contributed by atoms with Crippen LogP contribution in [0.4, 0.5) is 11.4 Å². The fourth-order valence-corrected chi connectivity index (χ4v) is 2.85. The highest BCUT2D eigenvalue weighted by atomic mass is 35.5. The lowest BCUT2D eigenvalue weighted by Crippen LogP contribution is -2.32. The summed E-state index contributed by atoms with van der Waals surface area (Å²) in [4.78, 5) is 14.0. The standard InChI is InChI=1S/C14H19Cl2N3O/c1-8-3-9(8)6-19(2)7-13(20)18-14-11(15)4-10(17)5-12(14)16/h4-5,8-9H,3,6-7,17H2,1-2H3,(H,18,20). The minimum atomic E-state index is -0.130. The zero-order chi connectivity index (χ0) is 14.9. The Morgan fingerprint density at radius 2 is 2.00 bits per heavy atom. The van der Waals surface area contributed by atoms with Crippen molar-refractivity contribution in [3.63, 3.8) is 0 Å². The zero-order valence-electron chi connectivity index (χ0n) is 11.6. The van der Waals surface area contributed by atoms with Crippen LogP contribution in [0.15, 0.2) is 12.1 Å². The number of amides is 1. The largest absolute Gasteiger partial charge is 0.399 e. The van der Waals surface area contributed by atoms with E-state index in [1.807, 2.05) is 11.9 Å². The molecule has 20 heavy (non-hydrogen) atoms. The molecule has 1 fully saturated rings. The van der Waals surface area contributed by atoms with Crippen LogP contribution in [0.3, 0.4) is 0 Å². The van der Waals surface area contributed by atoms with Crippen LogP contribution in [0, 0.1) is 11.8 Å². The number of anilines is 2. The molecule has 1 aromatic rings. The number of nitrogens with two attached hydrogens (primary N) is 1. The molecule has 0 heterocycles. The van der Waals surface area contributed by atoms with E-state index in [0.717, 1.165) is 18.4 Å². The van der Waals surface area contributed by atoms with E-state index in [1.165, 1.54) is 6.42 Å². The number of hydrogen-bond acceptors (Lipinski definition) is 3. The van der Waals surface area contributed by atoms with Gasteiger partial charge in [-0.2, -0.15) is 0 Å². The van der Waals surface area contributed by atoms with Gasteiger partial charge in [-0.1, -0.05) is 30.1 Å². The van der Waals surface area contributed by atoms with Gasteiger partial charge in [-0.05, 0) is 37.4 Å². The summed E-state index contributed by atoms with van der Waals surface area (Å²) in [5.41, 5.74) is 6.51. The second-order valence-corrected chi connectivity index (χ2v) is 6.39. The third-order valence-electron chi connectivity index (χ3n) is 3.56. The Balaban J connectivity index is 1.91. The van der Waals surface area contributed by atoms with Crippen molar-refractivity contribution in [1.82, 2.24) is 4.90 Å². The first-order chi connectivity index (χ1) is 9.36. The second kappa shape index (κ2) is 6.20. The Labute approximate surface area is 129 Å². The van der Waals surface area contributed by atoms with Crippen molar-refractivity contribution in [2.75, 3.05) is 31.2 Å². The molecule has 6 heteroatoms. The van der Waals surface area contributed by atoms with E-state index in [4.69, 9.17) is 28.9 Å².